The lowest BCUT2D eigenvalue weighted by Gasteiger charge is -2.06. The van der Waals surface area contributed by atoms with Crippen molar-refractivity contribution < 1.29 is 0 Å². The highest BCUT2D eigenvalue weighted by atomic mass is 35.5. The van der Waals surface area contributed by atoms with Gasteiger partial charge in [-0.3, -0.25) is 0 Å². The van der Waals surface area contributed by atoms with Gasteiger partial charge >= 0.3 is 0 Å². The van der Waals surface area contributed by atoms with Gasteiger partial charge in [0.15, 0.2) is 0 Å². The zero-order valence-corrected chi connectivity index (χ0v) is 11.6. The van der Waals surface area contributed by atoms with Crippen LogP contribution in [0.25, 0.3) is 0 Å². The average Bonchev–Trinajstić information content (AvgIpc) is 2.34. The molecule has 0 aromatic heterocycles. The Labute approximate surface area is 109 Å². The summed E-state index contributed by atoms with van der Waals surface area (Å²) in [6, 6.07) is 10.7. The first kappa shape index (κ1) is 13.9. The first-order valence-corrected chi connectivity index (χ1v) is 7.69. The van der Waals surface area contributed by atoms with Crippen LogP contribution in [-0.4, -0.2) is 17.4 Å². The summed E-state index contributed by atoms with van der Waals surface area (Å²) in [5.41, 5.74) is 1.46. The van der Waals surface area contributed by atoms with E-state index < -0.39 is 0 Å². The van der Waals surface area contributed by atoms with Crippen LogP contribution in [0.4, 0.5) is 0 Å². The Balaban J connectivity index is 1.96. The van der Waals surface area contributed by atoms with Crippen molar-refractivity contribution in [3.05, 3.63) is 35.9 Å². The summed E-state index contributed by atoms with van der Waals surface area (Å²) < 4.78 is 0. The molecule has 1 aromatic rings. The normalized spacial score (nSPS) is 12.6. The Morgan fingerprint density at radius 3 is 2.62 bits per heavy atom. The van der Waals surface area contributed by atoms with Gasteiger partial charge in [0.1, 0.15) is 0 Å². The number of unbranched alkanes of at least 4 members (excludes halogenated alkanes) is 1. The molecule has 90 valence electrons. The van der Waals surface area contributed by atoms with Gasteiger partial charge in [0.2, 0.25) is 0 Å². The highest BCUT2D eigenvalue weighted by Gasteiger charge is 1.99. The van der Waals surface area contributed by atoms with E-state index in [2.05, 4.69) is 37.3 Å². The predicted molar refractivity (Wildman–Crippen MR) is 76.6 cm³/mol. The van der Waals surface area contributed by atoms with Crippen LogP contribution in [0.15, 0.2) is 30.3 Å². The fourth-order valence-corrected chi connectivity index (χ4v) is 2.84. The minimum absolute atomic E-state index is 0.654. The number of hydrogen-bond donors (Lipinski definition) is 0. The van der Waals surface area contributed by atoms with E-state index in [1.54, 1.807) is 0 Å². The van der Waals surface area contributed by atoms with E-state index in [-0.39, 0.29) is 0 Å². The summed E-state index contributed by atoms with van der Waals surface area (Å²) in [6.07, 6.45) is 3.83. The Kier molecular flexibility index (Phi) is 7.79. The van der Waals surface area contributed by atoms with E-state index in [9.17, 15) is 0 Å². The van der Waals surface area contributed by atoms with Crippen molar-refractivity contribution in [1.82, 2.24) is 0 Å². The van der Waals surface area contributed by atoms with Gasteiger partial charge in [-0.15, -0.1) is 11.6 Å². The Morgan fingerprint density at radius 1 is 1.19 bits per heavy atom. The van der Waals surface area contributed by atoms with Gasteiger partial charge in [-0.2, -0.15) is 11.8 Å². The highest BCUT2D eigenvalue weighted by molar-refractivity contribution is 7.99. The standard InChI is InChI=1S/C14H21ClS/c1-13(11-15)12-16-10-6-5-9-14-7-3-2-4-8-14/h2-4,7-8,13H,5-6,9-12H2,1H3. The SMILES string of the molecule is CC(CCl)CSCCCCc1ccccc1. The van der Waals surface area contributed by atoms with Crippen molar-refractivity contribution in [1.29, 1.82) is 0 Å². The van der Waals surface area contributed by atoms with Gasteiger partial charge in [-0.05, 0) is 42.2 Å². The van der Waals surface area contributed by atoms with Crippen molar-refractivity contribution >= 4 is 23.4 Å². The number of halogens is 1. The summed E-state index contributed by atoms with van der Waals surface area (Å²) in [5.74, 6) is 3.92. The van der Waals surface area contributed by atoms with Gasteiger partial charge in [-0.1, -0.05) is 37.3 Å². The number of thioether (sulfide) groups is 1. The monoisotopic (exact) mass is 256 g/mol. The molecule has 1 unspecified atom stereocenters. The van der Waals surface area contributed by atoms with E-state index in [4.69, 9.17) is 11.6 Å². The molecule has 2 heteroatoms. The van der Waals surface area contributed by atoms with Crippen molar-refractivity contribution in [3.63, 3.8) is 0 Å². The lowest BCUT2D eigenvalue weighted by Crippen LogP contribution is -2.00. The molecule has 0 N–H and O–H groups in total. The fourth-order valence-electron chi connectivity index (χ4n) is 1.51. The maximum absolute atomic E-state index is 5.76. The molecule has 0 saturated heterocycles. The van der Waals surface area contributed by atoms with Crippen molar-refractivity contribution in [2.75, 3.05) is 17.4 Å². The zero-order valence-electron chi connectivity index (χ0n) is 9.99. The second-order valence-corrected chi connectivity index (χ2v) is 5.74. The molecule has 0 aliphatic carbocycles. The predicted octanol–water partition coefficient (Wildman–Crippen LogP) is 4.62. The third-order valence-corrected chi connectivity index (χ3v) is 4.42. The Bertz CT molecular complexity index is 261. The summed E-state index contributed by atoms with van der Waals surface area (Å²) in [4.78, 5) is 0. The molecular formula is C14H21ClS. The van der Waals surface area contributed by atoms with E-state index >= 15 is 0 Å². The van der Waals surface area contributed by atoms with E-state index in [1.807, 2.05) is 11.8 Å². The van der Waals surface area contributed by atoms with E-state index in [0.717, 1.165) is 5.88 Å². The number of benzene rings is 1. The quantitative estimate of drug-likeness (QED) is 0.483. The molecule has 1 rings (SSSR count). The van der Waals surface area contributed by atoms with Crippen molar-refractivity contribution in [3.8, 4) is 0 Å². The van der Waals surface area contributed by atoms with Gasteiger partial charge in [0.25, 0.3) is 0 Å². The summed E-state index contributed by atoms with van der Waals surface area (Å²) >= 11 is 7.80. The van der Waals surface area contributed by atoms with Crippen LogP contribution in [-0.2, 0) is 6.42 Å². The third kappa shape index (κ3) is 6.44. The van der Waals surface area contributed by atoms with Crippen LogP contribution >= 0.6 is 23.4 Å². The average molecular weight is 257 g/mol. The van der Waals surface area contributed by atoms with Crippen LogP contribution in [0, 0.1) is 5.92 Å². The third-order valence-electron chi connectivity index (χ3n) is 2.51. The molecule has 16 heavy (non-hydrogen) atoms. The number of hydrogen-bond acceptors (Lipinski definition) is 1. The molecule has 0 nitrogen and oxygen atoms in total. The minimum Gasteiger partial charge on any atom is -0.162 e. The smallest absolute Gasteiger partial charge is 0.0257 e. The lowest BCUT2D eigenvalue weighted by molar-refractivity contribution is 0.754. The van der Waals surface area contributed by atoms with Crippen molar-refractivity contribution in [2.24, 2.45) is 5.92 Å². The van der Waals surface area contributed by atoms with Crippen LogP contribution in [0.2, 0.25) is 0 Å². The lowest BCUT2D eigenvalue weighted by atomic mass is 10.1. The maximum atomic E-state index is 5.76. The molecule has 0 heterocycles. The van der Waals surface area contributed by atoms with Crippen LogP contribution in [0.5, 0.6) is 0 Å². The van der Waals surface area contributed by atoms with Gasteiger partial charge in [0, 0.05) is 5.88 Å². The van der Waals surface area contributed by atoms with Gasteiger partial charge in [0.05, 0.1) is 0 Å². The molecule has 1 aromatic carbocycles. The highest BCUT2D eigenvalue weighted by Crippen LogP contribution is 2.13. The van der Waals surface area contributed by atoms with Gasteiger partial charge in [-0.25, -0.2) is 0 Å². The second-order valence-electron chi connectivity index (χ2n) is 4.28. The molecule has 0 amide bonds. The molecule has 0 fully saturated rings. The maximum Gasteiger partial charge on any atom is 0.0257 e. The van der Waals surface area contributed by atoms with Gasteiger partial charge < -0.3 is 0 Å². The van der Waals surface area contributed by atoms with Crippen LogP contribution in [0.1, 0.15) is 25.3 Å². The summed E-state index contributed by atoms with van der Waals surface area (Å²) in [7, 11) is 0. The van der Waals surface area contributed by atoms with E-state index in [1.165, 1.54) is 36.3 Å². The summed E-state index contributed by atoms with van der Waals surface area (Å²) in [6.45, 7) is 2.21. The number of aryl methyl sites for hydroxylation is 1. The molecule has 0 bridgehead atoms. The largest absolute Gasteiger partial charge is 0.162 e. The molecule has 0 saturated carbocycles. The second kappa shape index (κ2) is 8.95. The first-order chi connectivity index (χ1) is 7.83. The number of rotatable bonds is 8. The molecule has 1 atom stereocenters. The molecule has 0 aliphatic heterocycles. The fraction of sp³-hybridized carbons (Fsp3) is 0.571. The van der Waals surface area contributed by atoms with Crippen LogP contribution in [0.3, 0.4) is 0 Å². The summed E-state index contributed by atoms with van der Waals surface area (Å²) in [5, 5.41) is 0. The van der Waals surface area contributed by atoms with Crippen molar-refractivity contribution in [2.45, 2.75) is 26.2 Å². The number of alkyl halides is 1. The zero-order chi connectivity index (χ0) is 11.6. The topological polar surface area (TPSA) is 0 Å². The Morgan fingerprint density at radius 2 is 1.94 bits per heavy atom. The molecule has 0 radical (unpaired) electrons. The minimum atomic E-state index is 0.654. The first-order valence-electron chi connectivity index (χ1n) is 6.00. The van der Waals surface area contributed by atoms with E-state index in [0.29, 0.717) is 5.92 Å². The Hall–Kier alpha value is -0.140. The molecule has 0 aliphatic rings. The van der Waals surface area contributed by atoms with Crippen LogP contribution < -0.4 is 0 Å². The molecular weight excluding hydrogens is 236 g/mol. The molecule has 0 spiro atoms.